The Hall–Kier alpha value is -7.31. The minimum Gasteiger partial charge on any atom is -0.388 e. The van der Waals surface area contributed by atoms with Crippen molar-refractivity contribution in [2.24, 2.45) is 0 Å². The number of fused-ring (bicyclic) bond motifs is 2. The van der Waals surface area contributed by atoms with E-state index in [1.54, 1.807) is 31.6 Å². The van der Waals surface area contributed by atoms with Crippen LogP contribution in [0.1, 0.15) is 88.9 Å². The molecule has 4 amide bonds. The molecule has 6 aromatic heterocycles. The van der Waals surface area contributed by atoms with Gasteiger partial charge in [0.1, 0.15) is 37.6 Å². The molecule has 0 bridgehead atoms. The van der Waals surface area contributed by atoms with Crippen molar-refractivity contribution in [3.63, 3.8) is 0 Å². The topological polar surface area (TPSA) is 374 Å². The van der Waals surface area contributed by atoms with Gasteiger partial charge in [-0.15, -0.1) is 0 Å². The van der Waals surface area contributed by atoms with Gasteiger partial charge >= 0.3 is 6.03 Å². The third-order valence-electron chi connectivity index (χ3n) is 15.3. The molecule has 10 atom stereocenters. The number of aromatic nitrogens is 12. The van der Waals surface area contributed by atoms with Crippen LogP contribution in [0.25, 0.3) is 22.3 Å². The molecule has 2 aliphatic carbocycles. The van der Waals surface area contributed by atoms with Crippen LogP contribution in [0.4, 0.5) is 28.3 Å². The van der Waals surface area contributed by atoms with Crippen LogP contribution in [0.2, 0.25) is 0 Å². The predicted molar refractivity (Wildman–Crippen MR) is 282 cm³/mol. The number of amides is 4. The third-order valence-corrected chi connectivity index (χ3v) is 15.3. The van der Waals surface area contributed by atoms with Gasteiger partial charge in [-0.1, -0.05) is 0 Å². The van der Waals surface area contributed by atoms with Crippen molar-refractivity contribution >= 4 is 63.7 Å². The summed E-state index contributed by atoms with van der Waals surface area (Å²) in [6.07, 6.45) is 8.13. The van der Waals surface area contributed by atoms with E-state index in [2.05, 4.69) is 79.5 Å². The Morgan fingerprint density at radius 2 is 1.01 bits per heavy atom. The van der Waals surface area contributed by atoms with E-state index in [4.69, 9.17) is 19.9 Å². The molecule has 0 radical (unpaired) electrons. The number of rotatable bonds is 20. The lowest BCUT2D eigenvalue weighted by Crippen LogP contribution is -2.44. The van der Waals surface area contributed by atoms with Crippen LogP contribution < -0.4 is 31.9 Å². The summed E-state index contributed by atoms with van der Waals surface area (Å²) in [6.45, 7) is 9.36. The van der Waals surface area contributed by atoms with Gasteiger partial charge in [-0.3, -0.25) is 9.59 Å². The second kappa shape index (κ2) is 23.0. The number of imidazole rings is 4. The summed E-state index contributed by atoms with van der Waals surface area (Å²) in [5.41, 5.74) is 3.36. The zero-order valence-corrected chi connectivity index (χ0v) is 44.0. The molecule has 0 aromatic carbocycles. The van der Waals surface area contributed by atoms with Crippen LogP contribution in [0, 0.1) is 0 Å². The van der Waals surface area contributed by atoms with Crippen LogP contribution >= 0.6 is 0 Å². The van der Waals surface area contributed by atoms with Gasteiger partial charge in [-0.25, -0.2) is 24.7 Å². The number of nitrogens with zero attached hydrogens (tertiary/aromatic N) is 14. The molecule has 78 heavy (non-hydrogen) atoms. The van der Waals surface area contributed by atoms with E-state index in [9.17, 15) is 45.0 Å². The van der Waals surface area contributed by atoms with E-state index in [0.29, 0.717) is 98.9 Å². The van der Waals surface area contributed by atoms with Crippen LogP contribution in [0.5, 0.6) is 0 Å². The maximum absolute atomic E-state index is 14.3. The standard InChI is InChI=1S/C49H70N20O9/c1-25(2)66-15-27(52-21-66)5-9-50-47-60-43(37-45(62-47)68(23-54-37)33-13-31(39(74)41(33)76)58-35(72)19-70)56-29-7-11-64(17-29)49(78)65-12-8-30(18-65)57-44-38-46(63-48(61-44)51-10-6-28-16-67(22-53-28)26(3)4)69(24-55-38)34-14-32(40(75)42(34)77)59-36(73)20-71/h15-16,21-26,29-34,39-42,70-71,74-77H,5-14,17-20H2,1-4H3,(H,58,72)(H,59,73)(H2,50,56,60,62)(H2,51,57,61,63)/t29-,30-,31+,32+,33-,34-,39-,40-,41+,42+/m1/s1. The fraction of sp³-hybridized carbons (Fsp3) is 0.612. The summed E-state index contributed by atoms with van der Waals surface area (Å²) in [7, 11) is 0. The Balaban J connectivity index is 0.827. The molecule has 0 spiro atoms. The maximum Gasteiger partial charge on any atom is 0.320 e. The fourth-order valence-corrected chi connectivity index (χ4v) is 10.9. The predicted octanol–water partition coefficient (Wildman–Crippen LogP) is -1.09. The largest absolute Gasteiger partial charge is 0.388 e. The minimum atomic E-state index is -1.31. The molecule has 0 unspecified atom stereocenters. The second-order valence-electron chi connectivity index (χ2n) is 21.3. The van der Waals surface area contributed by atoms with Crippen LogP contribution in [0.3, 0.4) is 0 Å². The summed E-state index contributed by atoms with van der Waals surface area (Å²) in [4.78, 5) is 79.7. The number of hydrogen-bond donors (Lipinski definition) is 12. The summed E-state index contributed by atoms with van der Waals surface area (Å²) >= 11 is 0. The van der Waals surface area contributed by atoms with Gasteiger partial charge in [-0.05, 0) is 53.4 Å². The van der Waals surface area contributed by atoms with Crippen molar-refractivity contribution in [1.82, 2.24) is 78.6 Å². The van der Waals surface area contributed by atoms with Crippen molar-refractivity contribution in [2.45, 2.75) is 139 Å². The highest BCUT2D eigenvalue weighted by Gasteiger charge is 2.45. The zero-order valence-electron chi connectivity index (χ0n) is 44.0. The molecule has 2 saturated heterocycles. The van der Waals surface area contributed by atoms with E-state index in [1.807, 2.05) is 21.5 Å². The molecule has 29 nitrogen and oxygen atoms in total. The van der Waals surface area contributed by atoms with E-state index in [1.165, 1.54) is 12.7 Å². The summed E-state index contributed by atoms with van der Waals surface area (Å²) in [6, 6.07) is -3.14. The molecule has 6 aromatic rings. The highest BCUT2D eigenvalue weighted by atomic mass is 16.3. The Kier molecular flexibility index (Phi) is 15.9. The van der Waals surface area contributed by atoms with E-state index < -0.39 is 73.6 Å². The highest BCUT2D eigenvalue weighted by Crippen LogP contribution is 2.37. The number of nitrogens with one attached hydrogen (secondary N) is 6. The number of aliphatic hydroxyl groups is 6. The molecule has 29 heteroatoms. The fourth-order valence-electron chi connectivity index (χ4n) is 10.9. The number of hydrogen-bond acceptors (Lipinski definition) is 21. The minimum absolute atomic E-state index is 0.129. The molecule has 420 valence electrons. The van der Waals surface area contributed by atoms with Gasteiger partial charge in [-0.2, -0.15) is 19.9 Å². The van der Waals surface area contributed by atoms with E-state index >= 15 is 0 Å². The molecular formula is C49H70N20O9. The first-order chi connectivity index (χ1) is 37.5. The SMILES string of the molecule is CC(C)n1cnc(CCNc2nc(N[C@@H]3CCN(C(=O)N4CC[C@@H](Nc5nc(NCCc6cn(C(C)C)cn6)nc6c5ncn6[C@@H]5C[C@H](NC(=O)CO)[C@@H](O)[C@H]5O)C4)C3)c3ncn([C@@H]4C[C@H](NC(=O)CO)[C@@H](O)[C@H]4O)c3n2)c1. The molecule has 2 aliphatic heterocycles. The van der Waals surface area contributed by atoms with Crippen molar-refractivity contribution in [2.75, 3.05) is 73.7 Å². The monoisotopic (exact) mass is 1080 g/mol. The summed E-state index contributed by atoms with van der Waals surface area (Å²) in [5, 5.41) is 81.8. The smallest absolute Gasteiger partial charge is 0.320 e. The molecule has 8 heterocycles. The number of aliphatic hydroxyl groups excluding tert-OH is 6. The van der Waals surface area contributed by atoms with Gasteiger partial charge < -0.3 is 90.6 Å². The van der Waals surface area contributed by atoms with Gasteiger partial charge in [0.15, 0.2) is 34.0 Å². The average molecular weight is 1080 g/mol. The molecule has 10 rings (SSSR count). The molecular weight excluding hydrogens is 1010 g/mol. The molecule has 4 aliphatic rings. The molecule has 12 N–H and O–H groups in total. The Morgan fingerprint density at radius 3 is 1.40 bits per heavy atom. The lowest BCUT2D eigenvalue weighted by molar-refractivity contribution is -0.126. The zero-order chi connectivity index (χ0) is 54.9. The quantitative estimate of drug-likeness (QED) is 0.0432. The lowest BCUT2D eigenvalue weighted by atomic mass is 10.2. The number of carbonyl (C=O) groups excluding carboxylic acids is 3. The van der Waals surface area contributed by atoms with Crippen molar-refractivity contribution in [3.05, 3.63) is 49.1 Å². The maximum atomic E-state index is 14.3. The van der Waals surface area contributed by atoms with Crippen LogP contribution in [-0.2, 0) is 22.4 Å². The van der Waals surface area contributed by atoms with Gasteiger partial charge in [0.2, 0.25) is 23.7 Å². The number of likely N-dealkylation sites (tertiary alicyclic amines) is 2. The van der Waals surface area contributed by atoms with Crippen LogP contribution in [-0.4, -0.2) is 217 Å². The highest BCUT2D eigenvalue weighted by molar-refractivity contribution is 5.86. The van der Waals surface area contributed by atoms with Crippen LogP contribution in [0.15, 0.2) is 37.7 Å². The average Bonchev–Trinajstić information content (AvgIpc) is 4.46. The second-order valence-corrected chi connectivity index (χ2v) is 21.3. The van der Waals surface area contributed by atoms with Gasteiger partial charge in [0, 0.05) is 88.7 Å². The van der Waals surface area contributed by atoms with Crippen molar-refractivity contribution in [3.8, 4) is 0 Å². The van der Waals surface area contributed by atoms with Gasteiger partial charge in [0.25, 0.3) is 0 Å². The summed E-state index contributed by atoms with van der Waals surface area (Å²) in [5.74, 6) is 0.0512. The Labute approximate surface area is 447 Å². The number of carbonyl (C=O) groups is 3. The first-order valence-electron chi connectivity index (χ1n) is 26.7. The third kappa shape index (κ3) is 11.3. The van der Waals surface area contributed by atoms with E-state index in [0.717, 1.165) is 11.4 Å². The molecule has 4 fully saturated rings. The first-order valence-corrected chi connectivity index (χ1v) is 26.7. The van der Waals surface area contributed by atoms with E-state index in [-0.39, 0.29) is 54.9 Å². The Morgan fingerprint density at radius 1 is 0.590 bits per heavy atom. The Bertz CT molecular complexity index is 2890. The van der Waals surface area contributed by atoms with Gasteiger partial charge in [0.05, 0.1) is 60.9 Å². The normalized spacial score (nSPS) is 25.3. The van der Waals surface area contributed by atoms with Crippen molar-refractivity contribution in [1.29, 1.82) is 0 Å². The first kappa shape index (κ1) is 54.1. The number of urea groups is 1. The van der Waals surface area contributed by atoms with Crippen molar-refractivity contribution < 1.29 is 45.0 Å². The molecule has 2 saturated carbocycles. The lowest BCUT2D eigenvalue weighted by Gasteiger charge is -2.25. The summed E-state index contributed by atoms with van der Waals surface area (Å²) < 4.78 is 7.40. The number of anilines is 4.